The molecular weight excluding hydrogens is 438 g/mol. The van der Waals surface area contributed by atoms with Crippen LogP contribution in [0.3, 0.4) is 0 Å². The van der Waals surface area contributed by atoms with Gasteiger partial charge in [-0.15, -0.1) is 0 Å². The summed E-state index contributed by atoms with van der Waals surface area (Å²) in [6.45, 7) is 1.29. The number of fused-ring (bicyclic) bond motifs is 4. The van der Waals surface area contributed by atoms with Crippen molar-refractivity contribution >= 4 is 39.9 Å². The molecule has 2 N–H and O–H groups in total. The van der Waals surface area contributed by atoms with Gasteiger partial charge in [0.25, 0.3) is 0 Å². The number of benzene rings is 2. The van der Waals surface area contributed by atoms with Crippen LogP contribution < -0.4 is 14.4 Å². The summed E-state index contributed by atoms with van der Waals surface area (Å²) in [4.78, 5) is 13.9. The molecule has 1 fully saturated rings. The van der Waals surface area contributed by atoms with Crippen molar-refractivity contribution in [3.05, 3.63) is 46.5 Å². The van der Waals surface area contributed by atoms with Gasteiger partial charge in [-0.1, -0.05) is 11.6 Å². The molecule has 0 aromatic heterocycles. The molecule has 0 amide bonds. The molecule has 2 atom stereocenters. The molecule has 31 heavy (non-hydrogen) atoms. The number of nitriles is 1. The lowest BCUT2D eigenvalue weighted by Crippen LogP contribution is -2.40. The molecule has 2 heterocycles. The maximum Gasteiger partial charge on any atom is 0.335 e. The third-order valence-electron chi connectivity index (χ3n) is 5.67. The number of piperidine rings is 1. The van der Waals surface area contributed by atoms with Crippen LogP contribution in [0.25, 0.3) is 0 Å². The summed E-state index contributed by atoms with van der Waals surface area (Å²) in [6, 6.07) is 10.1. The van der Waals surface area contributed by atoms with Crippen molar-refractivity contribution in [2.75, 3.05) is 22.8 Å². The van der Waals surface area contributed by atoms with E-state index >= 15 is 0 Å². The fourth-order valence-corrected chi connectivity index (χ4v) is 5.36. The van der Waals surface area contributed by atoms with E-state index in [2.05, 4.69) is 15.7 Å². The van der Waals surface area contributed by atoms with Crippen molar-refractivity contribution in [3.63, 3.8) is 0 Å². The highest BCUT2D eigenvalue weighted by Crippen LogP contribution is 2.38. The Morgan fingerprint density at radius 3 is 2.84 bits per heavy atom. The first-order valence-corrected chi connectivity index (χ1v) is 11.7. The normalized spacial score (nSPS) is 21.0. The largest absolute Gasteiger partial charge is 0.492 e. The Morgan fingerprint density at radius 1 is 1.26 bits per heavy atom. The van der Waals surface area contributed by atoms with Crippen molar-refractivity contribution in [1.29, 1.82) is 5.26 Å². The Hall–Kier alpha value is -2.76. The van der Waals surface area contributed by atoms with E-state index in [4.69, 9.17) is 16.3 Å². The van der Waals surface area contributed by atoms with Crippen molar-refractivity contribution in [2.45, 2.75) is 43.0 Å². The molecule has 7 nitrogen and oxygen atoms in total. The Morgan fingerprint density at radius 2 is 2.06 bits per heavy atom. The average Bonchev–Trinajstić information content (AvgIpc) is 2.77. The van der Waals surface area contributed by atoms with Gasteiger partial charge in [0.1, 0.15) is 16.7 Å². The molecule has 2 unspecified atom stereocenters. The Balaban J connectivity index is 1.82. The second-order valence-corrected chi connectivity index (χ2v) is 9.22. The molecular formula is C22H22ClN3O4S. The number of carbonyl (C=O) groups is 1. The maximum atomic E-state index is 13.3. The van der Waals surface area contributed by atoms with Gasteiger partial charge in [0.2, 0.25) is 0 Å². The fourth-order valence-electron chi connectivity index (χ4n) is 4.15. The molecule has 2 aromatic rings. The highest BCUT2D eigenvalue weighted by Gasteiger charge is 2.27. The molecule has 0 saturated carbocycles. The SMILES string of the molecule is N#Cc1cc2c(cc1Cl)N1CCCCC1CCCOc1ccc(C(=O)O)cc1S(=O)N2. The molecule has 9 heteroatoms. The van der Waals surface area contributed by atoms with Crippen molar-refractivity contribution < 1.29 is 18.8 Å². The predicted octanol–water partition coefficient (Wildman–Crippen LogP) is 4.58. The van der Waals surface area contributed by atoms with Crippen LogP contribution in [-0.2, 0) is 11.0 Å². The number of rotatable bonds is 1. The lowest BCUT2D eigenvalue weighted by molar-refractivity contribution is 0.0696. The Labute approximate surface area is 188 Å². The zero-order valence-corrected chi connectivity index (χ0v) is 18.3. The summed E-state index contributed by atoms with van der Waals surface area (Å²) in [5.74, 6) is -0.728. The van der Waals surface area contributed by atoms with E-state index in [1.807, 2.05) is 0 Å². The quantitative estimate of drug-likeness (QED) is 0.647. The first kappa shape index (κ1) is 21.5. The summed E-state index contributed by atoms with van der Waals surface area (Å²) in [5.41, 5.74) is 1.63. The van der Waals surface area contributed by atoms with Gasteiger partial charge in [-0.3, -0.25) is 4.72 Å². The molecule has 2 aliphatic heterocycles. The van der Waals surface area contributed by atoms with Gasteiger partial charge in [-0.25, -0.2) is 9.00 Å². The zero-order chi connectivity index (χ0) is 22.0. The van der Waals surface area contributed by atoms with E-state index in [9.17, 15) is 19.4 Å². The van der Waals surface area contributed by atoms with Crippen LogP contribution in [-0.4, -0.2) is 34.5 Å². The number of hydrogen-bond acceptors (Lipinski definition) is 5. The number of aromatic carboxylic acids is 1. The van der Waals surface area contributed by atoms with Crippen LogP contribution in [0.2, 0.25) is 5.02 Å². The molecule has 162 valence electrons. The fraction of sp³-hybridized carbons (Fsp3) is 0.364. The number of carboxylic acid groups (broad SMARTS) is 1. The first-order valence-electron chi connectivity index (χ1n) is 10.2. The van der Waals surface area contributed by atoms with Gasteiger partial charge in [0.15, 0.2) is 11.0 Å². The molecule has 0 bridgehead atoms. The van der Waals surface area contributed by atoms with E-state index in [-0.39, 0.29) is 16.0 Å². The summed E-state index contributed by atoms with van der Waals surface area (Å²) in [7, 11) is -1.81. The number of hydrogen-bond donors (Lipinski definition) is 2. The topological polar surface area (TPSA) is 103 Å². The number of nitrogens with one attached hydrogen (secondary N) is 1. The van der Waals surface area contributed by atoms with Crippen molar-refractivity contribution in [2.24, 2.45) is 0 Å². The smallest absolute Gasteiger partial charge is 0.335 e. The lowest BCUT2D eigenvalue weighted by atomic mass is 9.96. The third kappa shape index (κ3) is 4.48. The van der Waals surface area contributed by atoms with Gasteiger partial charge >= 0.3 is 5.97 Å². The second-order valence-electron chi connectivity index (χ2n) is 7.63. The van der Waals surface area contributed by atoms with Gasteiger partial charge in [0.05, 0.1) is 34.1 Å². The zero-order valence-electron chi connectivity index (χ0n) is 16.8. The molecule has 0 radical (unpaired) electrons. The predicted molar refractivity (Wildman–Crippen MR) is 119 cm³/mol. The van der Waals surface area contributed by atoms with E-state index in [0.29, 0.717) is 29.1 Å². The monoisotopic (exact) mass is 459 g/mol. The van der Waals surface area contributed by atoms with Crippen LogP contribution in [0.4, 0.5) is 11.4 Å². The van der Waals surface area contributed by atoms with Crippen LogP contribution in [0, 0.1) is 11.3 Å². The summed E-state index contributed by atoms with van der Waals surface area (Å²) < 4.78 is 22.2. The van der Waals surface area contributed by atoms with Gasteiger partial charge in [0, 0.05) is 12.6 Å². The Bertz CT molecular complexity index is 1090. The number of carboxylic acids is 1. The highest BCUT2D eigenvalue weighted by atomic mass is 35.5. The number of nitrogens with zero attached hydrogens (tertiary/aromatic N) is 2. The van der Waals surface area contributed by atoms with Crippen LogP contribution in [0.15, 0.2) is 35.2 Å². The molecule has 0 aliphatic carbocycles. The highest BCUT2D eigenvalue weighted by molar-refractivity contribution is 7.86. The summed E-state index contributed by atoms with van der Waals surface area (Å²) in [6.07, 6.45) is 4.95. The average molecular weight is 460 g/mol. The van der Waals surface area contributed by atoms with Crippen LogP contribution in [0.5, 0.6) is 5.75 Å². The standard InChI is InChI=1S/C22H22ClN3O4S/c23-17-12-19-18(10-15(17)13-24)25-31(29)21-11-14(22(27)28)6-7-20(21)30-9-3-5-16-4-1-2-8-26(16)19/h6-7,10-12,16,25H,1-5,8-9H2,(H,27,28). The molecule has 0 spiro atoms. The molecule has 4 rings (SSSR count). The third-order valence-corrected chi connectivity index (χ3v) is 7.11. The Kier molecular flexibility index (Phi) is 6.35. The minimum Gasteiger partial charge on any atom is -0.492 e. The van der Waals surface area contributed by atoms with Crippen molar-refractivity contribution in [1.82, 2.24) is 0 Å². The molecule has 2 aromatic carbocycles. The maximum absolute atomic E-state index is 13.3. The second kappa shape index (κ2) is 9.16. The number of anilines is 2. The molecule has 2 aliphatic rings. The summed E-state index contributed by atoms with van der Waals surface area (Å²) >= 11 is 6.35. The van der Waals surface area contributed by atoms with E-state index < -0.39 is 17.0 Å². The number of ether oxygens (including phenoxy) is 1. The van der Waals surface area contributed by atoms with Crippen molar-refractivity contribution in [3.8, 4) is 11.8 Å². The molecule has 1 saturated heterocycles. The van der Waals surface area contributed by atoms with Gasteiger partial charge < -0.3 is 14.7 Å². The lowest BCUT2D eigenvalue weighted by Gasteiger charge is -2.39. The van der Waals surface area contributed by atoms with E-state index in [1.54, 1.807) is 18.2 Å². The number of halogens is 1. The van der Waals surface area contributed by atoms with Crippen LogP contribution in [0.1, 0.15) is 48.0 Å². The van der Waals surface area contributed by atoms with Crippen LogP contribution >= 0.6 is 11.6 Å². The minimum absolute atomic E-state index is 0.0229. The minimum atomic E-state index is -1.81. The van der Waals surface area contributed by atoms with E-state index in [0.717, 1.165) is 44.3 Å². The first-order chi connectivity index (χ1) is 15.0. The van der Waals surface area contributed by atoms with Gasteiger partial charge in [-0.2, -0.15) is 5.26 Å². The summed E-state index contributed by atoms with van der Waals surface area (Å²) in [5, 5.41) is 19.1. The van der Waals surface area contributed by atoms with E-state index in [1.165, 1.54) is 12.1 Å². The van der Waals surface area contributed by atoms with Gasteiger partial charge in [-0.05, 0) is 62.4 Å².